The number of hydrogen-bond donors (Lipinski definition) is 2. The van der Waals surface area contributed by atoms with Crippen molar-refractivity contribution in [2.45, 2.75) is 36.6 Å². The molecule has 0 spiro atoms. The van der Waals surface area contributed by atoms with E-state index in [1.54, 1.807) is 30.3 Å². The Labute approximate surface area is 259 Å². The largest absolute Gasteiger partial charge is 0.385 e. The summed E-state index contributed by atoms with van der Waals surface area (Å²) in [5, 5.41) is 13.3. The molecule has 4 aromatic carbocycles. The van der Waals surface area contributed by atoms with Gasteiger partial charge in [0.05, 0.1) is 12.7 Å². The highest BCUT2D eigenvalue weighted by Crippen LogP contribution is 2.41. The van der Waals surface area contributed by atoms with Crippen LogP contribution in [0.2, 0.25) is 0 Å². The SMILES string of the molecule is O=C(Nc1ccn([C@@H]2O[C@H](COC(c3ccccc3)(c3ccccc3)c3ccccc3)C[C@H](F)[C@H]2O)c(=O)n1)c1ccccc1. The molecule has 1 aliphatic rings. The Morgan fingerprint density at radius 3 is 1.89 bits per heavy atom. The van der Waals surface area contributed by atoms with Crippen LogP contribution in [-0.2, 0) is 15.1 Å². The van der Waals surface area contributed by atoms with Crippen molar-refractivity contribution in [1.29, 1.82) is 0 Å². The summed E-state index contributed by atoms with van der Waals surface area (Å²) in [4.78, 5) is 29.5. The van der Waals surface area contributed by atoms with Gasteiger partial charge in [-0.3, -0.25) is 9.36 Å². The lowest BCUT2D eigenvalue weighted by molar-refractivity contribution is -0.203. The molecule has 0 bridgehead atoms. The summed E-state index contributed by atoms with van der Waals surface area (Å²) >= 11 is 0. The normalized spacial score (nSPS) is 20.0. The van der Waals surface area contributed by atoms with Gasteiger partial charge in [0.2, 0.25) is 0 Å². The van der Waals surface area contributed by atoms with Crippen LogP contribution in [0.1, 0.15) is 39.7 Å². The van der Waals surface area contributed by atoms with Gasteiger partial charge in [0, 0.05) is 18.2 Å². The summed E-state index contributed by atoms with van der Waals surface area (Å²) in [6.45, 7) is -0.0459. The van der Waals surface area contributed by atoms with Crippen LogP contribution in [0.5, 0.6) is 0 Å². The highest BCUT2D eigenvalue weighted by Gasteiger charge is 2.43. The molecule has 5 aromatic rings. The zero-order valence-electron chi connectivity index (χ0n) is 24.3. The van der Waals surface area contributed by atoms with Gasteiger partial charge in [-0.25, -0.2) is 9.18 Å². The molecule has 8 nitrogen and oxygen atoms in total. The van der Waals surface area contributed by atoms with Gasteiger partial charge in [-0.1, -0.05) is 109 Å². The van der Waals surface area contributed by atoms with Crippen LogP contribution in [0, 0.1) is 0 Å². The number of carbonyl (C=O) groups is 1. The summed E-state index contributed by atoms with van der Waals surface area (Å²) in [6.07, 6.45) is -4.30. The fourth-order valence-electron chi connectivity index (χ4n) is 5.68. The molecule has 6 rings (SSSR count). The molecular weight excluding hydrogens is 573 g/mol. The van der Waals surface area contributed by atoms with E-state index < -0.39 is 41.8 Å². The number of carbonyl (C=O) groups excluding carboxylic acids is 1. The summed E-state index contributed by atoms with van der Waals surface area (Å²) in [5.41, 5.74) is 1.16. The maximum Gasteiger partial charge on any atom is 0.351 e. The monoisotopic (exact) mass is 605 g/mol. The molecule has 0 unspecified atom stereocenters. The lowest BCUT2D eigenvalue weighted by Gasteiger charge is -2.40. The maximum atomic E-state index is 15.3. The minimum absolute atomic E-state index is 0.0189. The minimum Gasteiger partial charge on any atom is -0.385 e. The Morgan fingerprint density at radius 2 is 1.38 bits per heavy atom. The van der Waals surface area contributed by atoms with Gasteiger partial charge in [-0.2, -0.15) is 4.98 Å². The second-order valence-corrected chi connectivity index (χ2v) is 10.8. The van der Waals surface area contributed by atoms with Crippen LogP contribution in [0.15, 0.2) is 138 Å². The van der Waals surface area contributed by atoms with Gasteiger partial charge in [0.1, 0.15) is 23.7 Å². The number of aliphatic hydroxyl groups is 1. The van der Waals surface area contributed by atoms with Crippen molar-refractivity contribution in [3.8, 4) is 0 Å². The van der Waals surface area contributed by atoms with Crippen molar-refractivity contribution in [2.75, 3.05) is 11.9 Å². The first-order valence-corrected chi connectivity index (χ1v) is 14.7. The molecule has 1 aromatic heterocycles. The molecule has 45 heavy (non-hydrogen) atoms. The summed E-state index contributed by atoms with van der Waals surface area (Å²) in [7, 11) is 0. The van der Waals surface area contributed by atoms with Crippen molar-refractivity contribution >= 4 is 11.7 Å². The third kappa shape index (κ3) is 6.32. The van der Waals surface area contributed by atoms with Gasteiger partial charge < -0.3 is 19.9 Å². The van der Waals surface area contributed by atoms with E-state index in [-0.39, 0.29) is 18.8 Å². The van der Waals surface area contributed by atoms with Gasteiger partial charge in [0.15, 0.2) is 6.23 Å². The van der Waals surface area contributed by atoms with E-state index in [9.17, 15) is 14.7 Å². The molecular formula is C36H32FN3O5. The van der Waals surface area contributed by atoms with Crippen molar-refractivity contribution in [2.24, 2.45) is 0 Å². The number of rotatable bonds is 9. The van der Waals surface area contributed by atoms with Crippen LogP contribution >= 0.6 is 0 Å². The van der Waals surface area contributed by atoms with E-state index in [2.05, 4.69) is 10.3 Å². The number of hydrogen-bond acceptors (Lipinski definition) is 6. The molecule has 2 heterocycles. The molecule has 0 aliphatic carbocycles. The summed E-state index contributed by atoms with van der Waals surface area (Å²) in [5.74, 6) is -0.417. The zero-order valence-corrected chi connectivity index (χ0v) is 24.3. The first-order valence-electron chi connectivity index (χ1n) is 14.7. The highest BCUT2D eigenvalue weighted by molar-refractivity contribution is 6.03. The van der Waals surface area contributed by atoms with E-state index in [0.717, 1.165) is 21.3 Å². The van der Waals surface area contributed by atoms with Crippen LogP contribution in [0.3, 0.4) is 0 Å². The minimum atomic E-state index is -1.69. The number of nitrogens with zero attached hydrogens (tertiary/aromatic N) is 2. The van der Waals surface area contributed by atoms with Gasteiger partial charge in [-0.05, 0) is 34.9 Å². The predicted molar refractivity (Wildman–Crippen MR) is 167 cm³/mol. The topological polar surface area (TPSA) is 103 Å². The van der Waals surface area contributed by atoms with Gasteiger partial charge in [0.25, 0.3) is 5.91 Å². The van der Waals surface area contributed by atoms with Crippen LogP contribution in [0.4, 0.5) is 10.2 Å². The van der Waals surface area contributed by atoms with Crippen molar-refractivity contribution in [1.82, 2.24) is 9.55 Å². The molecule has 1 saturated heterocycles. The average Bonchev–Trinajstić information content (AvgIpc) is 3.08. The molecule has 228 valence electrons. The van der Waals surface area contributed by atoms with Crippen molar-refractivity contribution in [3.63, 3.8) is 0 Å². The molecule has 4 atom stereocenters. The molecule has 9 heteroatoms. The number of alkyl halides is 1. The van der Waals surface area contributed by atoms with Crippen molar-refractivity contribution in [3.05, 3.63) is 166 Å². The second kappa shape index (κ2) is 13.4. The number of ether oxygens (including phenoxy) is 2. The van der Waals surface area contributed by atoms with E-state index in [1.807, 2.05) is 91.0 Å². The number of anilines is 1. The van der Waals surface area contributed by atoms with Crippen LogP contribution in [-0.4, -0.2) is 45.6 Å². The quantitative estimate of drug-likeness (QED) is 0.216. The third-order valence-electron chi connectivity index (χ3n) is 7.89. The molecule has 2 N–H and O–H groups in total. The Morgan fingerprint density at radius 1 is 0.867 bits per heavy atom. The van der Waals surface area contributed by atoms with E-state index >= 15 is 4.39 Å². The summed E-state index contributed by atoms with van der Waals surface area (Å²) < 4.78 is 29.3. The lowest BCUT2D eigenvalue weighted by Crippen LogP contribution is -2.49. The van der Waals surface area contributed by atoms with Gasteiger partial charge >= 0.3 is 5.69 Å². The molecule has 1 fully saturated rings. The van der Waals surface area contributed by atoms with Crippen LogP contribution in [0.25, 0.3) is 0 Å². The Hall–Kier alpha value is -4.96. The highest BCUT2D eigenvalue weighted by atomic mass is 19.1. The molecule has 0 saturated carbocycles. The Bertz CT molecular complexity index is 1670. The van der Waals surface area contributed by atoms with E-state index in [4.69, 9.17) is 9.47 Å². The number of amides is 1. The Kier molecular flexibility index (Phi) is 8.93. The predicted octanol–water partition coefficient (Wildman–Crippen LogP) is 5.49. The number of aliphatic hydroxyl groups excluding tert-OH is 1. The lowest BCUT2D eigenvalue weighted by atomic mass is 9.80. The maximum absolute atomic E-state index is 15.3. The number of benzene rings is 4. The Balaban J connectivity index is 1.27. The fraction of sp³-hybridized carbons (Fsp3) is 0.194. The third-order valence-corrected chi connectivity index (χ3v) is 7.89. The summed E-state index contributed by atoms with van der Waals surface area (Å²) in [6, 6.07) is 39.2. The molecule has 0 radical (unpaired) electrons. The second-order valence-electron chi connectivity index (χ2n) is 10.8. The number of nitrogens with one attached hydrogen (secondary N) is 1. The van der Waals surface area contributed by atoms with Gasteiger partial charge in [-0.15, -0.1) is 0 Å². The smallest absolute Gasteiger partial charge is 0.351 e. The van der Waals surface area contributed by atoms with Crippen molar-refractivity contribution < 1.29 is 23.8 Å². The standard InChI is InChI=1S/C36H32FN3O5/c37-30-23-29(45-34(32(30)41)40-22-21-31(39-35(40)43)38-33(42)25-13-5-1-6-14-25)24-44-36(26-15-7-2-8-16-26,27-17-9-3-10-18-27)28-19-11-4-12-20-28/h1-22,29-30,32,34,41H,23-24H2,(H,38,39,42,43)/t29-,30-,32+,34+/m0/s1. The molecule has 1 aliphatic heterocycles. The van der Waals surface area contributed by atoms with Crippen LogP contribution < -0.4 is 11.0 Å². The first-order chi connectivity index (χ1) is 22.0. The van der Waals surface area contributed by atoms with E-state index in [0.29, 0.717) is 5.56 Å². The van der Waals surface area contributed by atoms with E-state index in [1.165, 1.54) is 12.3 Å². The number of halogens is 1. The first kappa shape index (κ1) is 30.1. The number of aromatic nitrogens is 2. The zero-order chi connectivity index (χ0) is 31.2. The molecule has 1 amide bonds. The fourth-order valence-corrected chi connectivity index (χ4v) is 5.68. The average molecular weight is 606 g/mol.